The van der Waals surface area contributed by atoms with Crippen LogP contribution in [0.25, 0.3) is 0 Å². The first-order valence-electron chi connectivity index (χ1n) is 5.35. The smallest absolute Gasteiger partial charge is 0.156 e. The molecule has 0 aromatic rings. The first kappa shape index (κ1) is 13.1. The van der Waals surface area contributed by atoms with Crippen LogP contribution >= 0.6 is 0 Å². The minimum Gasteiger partial charge on any atom is -0.497 e. The lowest BCUT2D eigenvalue weighted by Gasteiger charge is -2.17. The van der Waals surface area contributed by atoms with E-state index in [9.17, 15) is 0 Å². The summed E-state index contributed by atoms with van der Waals surface area (Å²) >= 11 is 0. The van der Waals surface area contributed by atoms with Gasteiger partial charge in [-0.05, 0) is 26.3 Å². The zero-order valence-corrected chi connectivity index (χ0v) is 10.0. The Morgan fingerprint density at radius 2 is 1.93 bits per heavy atom. The summed E-state index contributed by atoms with van der Waals surface area (Å²) < 4.78 is 10.6. The summed E-state index contributed by atoms with van der Waals surface area (Å²) in [7, 11) is 1.70. The average Bonchev–Trinajstić information content (AvgIpc) is 2.22. The lowest BCUT2D eigenvalue weighted by atomic mass is 10.0. The van der Waals surface area contributed by atoms with E-state index < -0.39 is 0 Å². The topological polar surface area (TPSA) is 18.5 Å². The van der Waals surface area contributed by atoms with E-state index in [4.69, 9.17) is 9.47 Å². The maximum Gasteiger partial charge on any atom is 0.156 e. The van der Waals surface area contributed by atoms with Crippen LogP contribution in [0, 0.1) is 0 Å². The van der Waals surface area contributed by atoms with Crippen molar-refractivity contribution in [3.05, 3.63) is 23.2 Å². The second-order valence-corrected chi connectivity index (χ2v) is 2.92. The fourth-order valence-corrected chi connectivity index (χ4v) is 1.29. The van der Waals surface area contributed by atoms with Gasteiger partial charge in [-0.3, -0.25) is 0 Å². The fraction of sp³-hybridized carbons (Fsp3) is 0.667. The molecular formula is C12H22O2. The third-order valence-electron chi connectivity index (χ3n) is 1.94. The molecule has 0 saturated heterocycles. The first-order chi connectivity index (χ1) is 6.77. The first-order valence-corrected chi connectivity index (χ1v) is 5.35. The molecule has 0 fully saturated rings. The van der Waals surface area contributed by atoms with Gasteiger partial charge in [0.1, 0.15) is 5.76 Å². The monoisotopic (exact) mass is 198 g/mol. The van der Waals surface area contributed by atoms with E-state index in [1.54, 1.807) is 7.11 Å². The minimum absolute atomic E-state index is 0.700. The Morgan fingerprint density at radius 1 is 1.29 bits per heavy atom. The molecule has 0 spiro atoms. The third-order valence-corrected chi connectivity index (χ3v) is 1.94. The Hall–Kier alpha value is -0.920. The molecule has 0 N–H and O–H groups in total. The SMILES string of the molecule is CC.CCOC1=C(OC)CCC(C)=C1. The zero-order chi connectivity index (χ0) is 11.0. The van der Waals surface area contributed by atoms with Crippen LogP contribution in [0.3, 0.4) is 0 Å². The van der Waals surface area contributed by atoms with Crippen LogP contribution in [0.4, 0.5) is 0 Å². The molecule has 1 rings (SSSR count). The van der Waals surface area contributed by atoms with Crippen molar-refractivity contribution in [1.82, 2.24) is 0 Å². The van der Waals surface area contributed by atoms with Gasteiger partial charge < -0.3 is 9.47 Å². The summed E-state index contributed by atoms with van der Waals surface area (Å²) in [6.07, 6.45) is 4.11. The molecule has 1 aliphatic carbocycles. The molecule has 0 aromatic heterocycles. The van der Waals surface area contributed by atoms with Gasteiger partial charge in [0, 0.05) is 6.42 Å². The molecule has 2 heteroatoms. The predicted octanol–water partition coefficient (Wildman–Crippen LogP) is 3.65. The quantitative estimate of drug-likeness (QED) is 0.689. The summed E-state index contributed by atoms with van der Waals surface area (Å²) in [5, 5.41) is 0. The molecular weight excluding hydrogens is 176 g/mol. The van der Waals surface area contributed by atoms with Crippen LogP contribution < -0.4 is 0 Å². The Kier molecular flexibility index (Phi) is 6.99. The van der Waals surface area contributed by atoms with Crippen molar-refractivity contribution < 1.29 is 9.47 Å². The molecule has 0 radical (unpaired) electrons. The summed E-state index contributed by atoms with van der Waals surface area (Å²) in [5.41, 5.74) is 1.36. The minimum atomic E-state index is 0.700. The normalized spacial score (nSPS) is 15.4. The Labute approximate surface area is 87.6 Å². The predicted molar refractivity (Wildman–Crippen MR) is 60.0 cm³/mol. The average molecular weight is 198 g/mol. The molecule has 14 heavy (non-hydrogen) atoms. The van der Waals surface area contributed by atoms with E-state index in [1.165, 1.54) is 5.57 Å². The molecule has 0 atom stereocenters. The largest absolute Gasteiger partial charge is 0.497 e. The van der Waals surface area contributed by atoms with Crippen molar-refractivity contribution in [3.8, 4) is 0 Å². The van der Waals surface area contributed by atoms with Gasteiger partial charge in [-0.1, -0.05) is 19.4 Å². The van der Waals surface area contributed by atoms with E-state index in [2.05, 4.69) is 13.0 Å². The van der Waals surface area contributed by atoms with Crippen molar-refractivity contribution in [3.63, 3.8) is 0 Å². The number of allylic oxidation sites excluding steroid dienone is 3. The van der Waals surface area contributed by atoms with Gasteiger partial charge in [0.15, 0.2) is 5.76 Å². The maximum absolute atomic E-state index is 5.43. The van der Waals surface area contributed by atoms with Crippen LogP contribution in [0.2, 0.25) is 0 Å². The summed E-state index contributed by atoms with van der Waals surface area (Å²) in [6.45, 7) is 8.80. The van der Waals surface area contributed by atoms with Gasteiger partial charge >= 0.3 is 0 Å². The summed E-state index contributed by atoms with van der Waals surface area (Å²) in [4.78, 5) is 0. The number of ether oxygens (including phenoxy) is 2. The highest BCUT2D eigenvalue weighted by molar-refractivity contribution is 5.25. The standard InChI is InChI=1S/C10H16O2.C2H6/c1-4-12-10-7-8(2)5-6-9(10)11-3;1-2/h7H,4-6H2,1-3H3;1-2H3. The highest BCUT2D eigenvalue weighted by Gasteiger charge is 2.12. The Bertz CT molecular complexity index is 214. The van der Waals surface area contributed by atoms with E-state index >= 15 is 0 Å². The zero-order valence-electron chi connectivity index (χ0n) is 10.0. The van der Waals surface area contributed by atoms with Crippen LogP contribution in [-0.4, -0.2) is 13.7 Å². The van der Waals surface area contributed by atoms with Gasteiger partial charge in [0.25, 0.3) is 0 Å². The van der Waals surface area contributed by atoms with Crippen molar-refractivity contribution in [2.45, 2.75) is 40.5 Å². The number of hydrogen-bond acceptors (Lipinski definition) is 2. The molecule has 82 valence electrons. The van der Waals surface area contributed by atoms with E-state index in [0.29, 0.717) is 6.61 Å². The molecule has 0 aliphatic heterocycles. The van der Waals surface area contributed by atoms with Crippen LogP contribution in [-0.2, 0) is 9.47 Å². The van der Waals surface area contributed by atoms with Gasteiger partial charge in [0.05, 0.1) is 13.7 Å². The second kappa shape index (κ2) is 7.48. The molecule has 0 heterocycles. The van der Waals surface area contributed by atoms with E-state index in [-0.39, 0.29) is 0 Å². The maximum atomic E-state index is 5.43. The van der Waals surface area contributed by atoms with Crippen molar-refractivity contribution >= 4 is 0 Å². The number of methoxy groups -OCH3 is 1. The van der Waals surface area contributed by atoms with Crippen LogP contribution in [0.1, 0.15) is 40.5 Å². The lowest BCUT2D eigenvalue weighted by molar-refractivity contribution is 0.189. The molecule has 0 bridgehead atoms. The van der Waals surface area contributed by atoms with Crippen molar-refractivity contribution in [1.29, 1.82) is 0 Å². The Balaban J connectivity index is 0.000000791. The molecule has 0 aromatic carbocycles. The second-order valence-electron chi connectivity index (χ2n) is 2.92. The van der Waals surface area contributed by atoms with Crippen molar-refractivity contribution in [2.75, 3.05) is 13.7 Å². The van der Waals surface area contributed by atoms with Crippen LogP contribution in [0.15, 0.2) is 23.2 Å². The van der Waals surface area contributed by atoms with Gasteiger partial charge in [0.2, 0.25) is 0 Å². The molecule has 2 nitrogen and oxygen atoms in total. The third kappa shape index (κ3) is 3.86. The highest BCUT2D eigenvalue weighted by Crippen LogP contribution is 2.24. The van der Waals surface area contributed by atoms with Crippen LogP contribution in [0.5, 0.6) is 0 Å². The Morgan fingerprint density at radius 3 is 2.43 bits per heavy atom. The van der Waals surface area contributed by atoms with Gasteiger partial charge in [-0.25, -0.2) is 0 Å². The molecule has 0 unspecified atom stereocenters. The lowest BCUT2D eigenvalue weighted by Crippen LogP contribution is -2.03. The summed E-state index contributed by atoms with van der Waals surface area (Å²) in [5.74, 6) is 1.88. The molecule has 1 aliphatic rings. The van der Waals surface area contributed by atoms with Gasteiger partial charge in [-0.15, -0.1) is 0 Å². The van der Waals surface area contributed by atoms with E-state index in [1.807, 2.05) is 20.8 Å². The fourth-order valence-electron chi connectivity index (χ4n) is 1.29. The van der Waals surface area contributed by atoms with Gasteiger partial charge in [-0.2, -0.15) is 0 Å². The highest BCUT2D eigenvalue weighted by atomic mass is 16.5. The van der Waals surface area contributed by atoms with Crippen molar-refractivity contribution in [2.24, 2.45) is 0 Å². The number of hydrogen-bond donors (Lipinski definition) is 0. The van der Waals surface area contributed by atoms with E-state index in [0.717, 1.165) is 24.4 Å². The molecule has 0 amide bonds. The number of rotatable bonds is 3. The summed E-state index contributed by atoms with van der Waals surface area (Å²) in [6, 6.07) is 0. The molecule has 0 saturated carbocycles.